The van der Waals surface area contributed by atoms with Crippen LogP contribution in [0.1, 0.15) is 36.1 Å². The van der Waals surface area contributed by atoms with E-state index in [1.165, 1.54) is 22.2 Å². The summed E-state index contributed by atoms with van der Waals surface area (Å²) in [5.74, 6) is 1.56. The molecule has 0 spiro atoms. The molecule has 7 heteroatoms. The summed E-state index contributed by atoms with van der Waals surface area (Å²) in [6.07, 6.45) is 5.81. The monoisotopic (exact) mass is 401 g/mol. The zero-order valence-corrected chi connectivity index (χ0v) is 18.3. The minimum atomic E-state index is 0.153. The molecule has 4 heterocycles. The Kier molecular flexibility index (Phi) is 5.56. The van der Waals surface area contributed by atoms with Crippen molar-refractivity contribution in [3.05, 3.63) is 16.8 Å². The number of fused-ring (bicyclic) bond motifs is 1. The van der Waals surface area contributed by atoms with Crippen molar-refractivity contribution in [3.8, 4) is 0 Å². The molecule has 1 unspecified atom stereocenters. The second kappa shape index (κ2) is 7.95. The maximum Gasteiger partial charge on any atom is 0.225 e. The molecular formula is C21H31N5OS. The van der Waals surface area contributed by atoms with Gasteiger partial charge in [-0.3, -0.25) is 4.79 Å². The Morgan fingerprint density at radius 1 is 1.14 bits per heavy atom. The number of likely N-dealkylation sites (tertiary alicyclic amines) is 1. The van der Waals surface area contributed by atoms with Crippen LogP contribution < -0.4 is 4.90 Å². The van der Waals surface area contributed by atoms with Gasteiger partial charge in [0.15, 0.2) is 0 Å². The van der Waals surface area contributed by atoms with Gasteiger partial charge in [0, 0.05) is 43.0 Å². The number of hydrogen-bond acceptors (Lipinski definition) is 6. The number of aryl methyl sites for hydroxylation is 2. The number of piperidine rings is 2. The number of likely N-dealkylation sites (N-methyl/N-ethyl adjacent to an activating group) is 1. The number of aromatic nitrogens is 2. The molecular weight excluding hydrogens is 370 g/mol. The van der Waals surface area contributed by atoms with Crippen LogP contribution in [0, 0.1) is 19.8 Å². The van der Waals surface area contributed by atoms with Gasteiger partial charge in [0.25, 0.3) is 0 Å². The van der Waals surface area contributed by atoms with Gasteiger partial charge in [0.05, 0.1) is 5.39 Å². The number of carbonyl (C=O) groups is 1. The minimum absolute atomic E-state index is 0.153. The van der Waals surface area contributed by atoms with E-state index >= 15 is 0 Å². The van der Waals surface area contributed by atoms with Crippen molar-refractivity contribution in [2.24, 2.45) is 5.92 Å². The van der Waals surface area contributed by atoms with Crippen molar-refractivity contribution in [1.82, 2.24) is 19.8 Å². The summed E-state index contributed by atoms with van der Waals surface area (Å²) in [5.41, 5.74) is 1.29. The lowest BCUT2D eigenvalue weighted by Crippen LogP contribution is -2.50. The normalized spacial score (nSPS) is 21.7. The molecule has 0 N–H and O–H groups in total. The predicted molar refractivity (Wildman–Crippen MR) is 115 cm³/mol. The van der Waals surface area contributed by atoms with Crippen molar-refractivity contribution >= 4 is 33.3 Å². The van der Waals surface area contributed by atoms with Gasteiger partial charge < -0.3 is 14.7 Å². The molecule has 0 aliphatic carbocycles. The molecule has 0 aromatic carbocycles. The van der Waals surface area contributed by atoms with E-state index in [0.717, 1.165) is 56.1 Å². The fourth-order valence-corrected chi connectivity index (χ4v) is 5.57. The first-order valence-electron chi connectivity index (χ1n) is 10.4. The van der Waals surface area contributed by atoms with Crippen LogP contribution in [0.4, 0.5) is 5.82 Å². The van der Waals surface area contributed by atoms with Gasteiger partial charge in [-0.2, -0.15) is 0 Å². The molecule has 2 aliphatic heterocycles. The molecule has 1 atom stereocenters. The standard InChI is InChI=1S/C21H31N5OS/c1-14-15(2)28-20-18(14)19(22-13-23-20)25-10-7-16(8-11-25)21(27)26-9-5-6-17(12-26)24(3)4/h13,16-17H,5-12H2,1-4H3. The number of hydrogen-bond donors (Lipinski definition) is 0. The summed E-state index contributed by atoms with van der Waals surface area (Å²) in [6.45, 7) is 7.89. The van der Waals surface area contributed by atoms with Crippen LogP contribution in [0.2, 0.25) is 0 Å². The highest BCUT2D eigenvalue weighted by molar-refractivity contribution is 7.18. The second-order valence-corrected chi connectivity index (χ2v) is 9.67. The van der Waals surface area contributed by atoms with Gasteiger partial charge in [-0.15, -0.1) is 11.3 Å². The van der Waals surface area contributed by atoms with Crippen molar-refractivity contribution in [1.29, 1.82) is 0 Å². The van der Waals surface area contributed by atoms with Crippen molar-refractivity contribution in [2.45, 2.75) is 45.6 Å². The highest BCUT2D eigenvalue weighted by atomic mass is 32.1. The molecule has 4 rings (SSSR count). The molecule has 0 bridgehead atoms. The number of carbonyl (C=O) groups excluding carboxylic acids is 1. The van der Waals surface area contributed by atoms with Crippen molar-refractivity contribution < 1.29 is 4.79 Å². The molecule has 2 aromatic heterocycles. The lowest BCUT2D eigenvalue weighted by Gasteiger charge is -2.39. The zero-order valence-electron chi connectivity index (χ0n) is 17.4. The van der Waals surface area contributed by atoms with Crippen molar-refractivity contribution in [3.63, 3.8) is 0 Å². The summed E-state index contributed by atoms with van der Waals surface area (Å²) in [4.78, 5) is 31.3. The fourth-order valence-electron chi connectivity index (χ4n) is 4.58. The Hall–Kier alpha value is -1.73. The van der Waals surface area contributed by atoms with Gasteiger partial charge in [0.2, 0.25) is 5.91 Å². The lowest BCUT2D eigenvalue weighted by molar-refractivity contribution is -0.138. The molecule has 0 radical (unpaired) electrons. The maximum absolute atomic E-state index is 13.1. The summed E-state index contributed by atoms with van der Waals surface area (Å²) >= 11 is 1.74. The third kappa shape index (κ3) is 3.62. The van der Waals surface area contributed by atoms with E-state index in [-0.39, 0.29) is 5.92 Å². The van der Waals surface area contributed by atoms with E-state index in [2.05, 4.69) is 52.6 Å². The number of amides is 1. The van der Waals surface area contributed by atoms with E-state index in [0.29, 0.717) is 11.9 Å². The summed E-state index contributed by atoms with van der Waals surface area (Å²) in [7, 11) is 4.24. The summed E-state index contributed by atoms with van der Waals surface area (Å²) < 4.78 is 0. The third-order valence-corrected chi connectivity index (χ3v) is 7.64. The van der Waals surface area contributed by atoms with E-state index < -0.39 is 0 Å². The number of rotatable bonds is 3. The summed E-state index contributed by atoms with van der Waals surface area (Å²) in [6, 6.07) is 0.497. The highest BCUT2D eigenvalue weighted by Crippen LogP contribution is 2.35. The third-order valence-electron chi connectivity index (χ3n) is 6.53. The van der Waals surface area contributed by atoms with Gasteiger partial charge in [0.1, 0.15) is 17.0 Å². The van der Waals surface area contributed by atoms with Crippen molar-refractivity contribution in [2.75, 3.05) is 45.2 Å². The van der Waals surface area contributed by atoms with E-state index in [4.69, 9.17) is 0 Å². The molecule has 2 saturated heterocycles. The molecule has 6 nitrogen and oxygen atoms in total. The second-order valence-electron chi connectivity index (χ2n) is 8.47. The SMILES string of the molecule is Cc1sc2ncnc(N3CCC(C(=O)N4CCCC(N(C)C)C4)CC3)c2c1C. The molecule has 2 fully saturated rings. The van der Waals surface area contributed by atoms with Gasteiger partial charge in [-0.05, 0) is 59.2 Å². The zero-order chi connectivity index (χ0) is 19.8. The van der Waals surface area contributed by atoms with E-state index in [9.17, 15) is 4.79 Å². The average Bonchev–Trinajstić information content (AvgIpc) is 3.01. The summed E-state index contributed by atoms with van der Waals surface area (Å²) in [5, 5.41) is 1.19. The van der Waals surface area contributed by atoms with Crippen LogP contribution in [0.3, 0.4) is 0 Å². The highest BCUT2D eigenvalue weighted by Gasteiger charge is 2.32. The van der Waals surface area contributed by atoms with Crippen LogP contribution in [0.5, 0.6) is 0 Å². The first kappa shape index (κ1) is 19.6. The molecule has 0 saturated carbocycles. The molecule has 28 heavy (non-hydrogen) atoms. The lowest BCUT2D eigenvalue weighted by atomic mass is 9.93. The predicted octanol–water partition coefficient (Wildman–Crippen LogP) is 3.08. The Balaban J connectivity index is 1.43. The number of nitrogens with zero attached hydrogens (tertiary/aromatic N) is 5. The largest absolute Gasteiger partial charge is 0.356 e. The molecule has 1 amide bonds. The Morgan fingerprint density at radius 3 is 2.61 bits per heavy atom. The van der Waals surface area contributed by atoms with Crippen LogP contribution in [-0.4, -0.2) is 72.0 Å². The Labute approximate surface area is 171 Å². The quantitative estimate of drug-likeness (QED) is 0.791. The van der Waals surface area contributed by atoms with Gasteiger partial charge >= 0.3 is 0 Å². The van der Waals surface area contributed by atoms with E-state index in [1.54, 1.807) is 17.7 Å². The van der Waals surface area contributed by atoms with Crippen LogP contribution in [0.25, 0.3) is 10.2 Å². The van der Waals surface area contributed by atoms with Gasteiger partial charge in [-0.1, -0.05) is 0 Å². The first-order chi connectivity index (χ1) is 13.5. The van der Waals surface area contributed by atoms with Crippen LogP contribution in [0.15, 0.2) is 6.33 Å². The molecule has 2 aliphatic rings. The number of thiophene rings is 1. The van der Waals surface area contributed by atoms with E-state index in [1.807, 2.05) is 0 Å². The smallest absolute Gasteiger partial charge is 0.225 e. The Bertz CT molecular complexity index is 856. The maximum atomic E-state index is 13.1. The molecule has 152 valence electrons. The fraction of sp³-hybridized carbons (Fsp3) is 0.667. The van der Waals surface area contributed by atoms with Crippen LogP contribution >= 0.6 is 11.3 Å². The topological polar surface area (TPSA) is 52.6 Å². The number of anilines is 1. The average molecular weight is 402 g/mol. The molecule has 2 aromatic rings. The minimum Gasteiger partial charge on any atom is -0.356 e. The van der Waals surface area contributed by atoms with Crippen LogP contribution in [-0.2, 0) is 4.79 Å². The van der Waals surface area contributed by atoms with Gasteiger partial charge in [-0.25, -0.2) is 9.97 Å². The first-order valence-corrected chi connectivity index (χ1v) is 11.2. The Morgan fingerprint density at radius 2 is 1.89 bits per heavy atom.